The highest BCUT2D eigenvalue weighted by Crippen LogP contribution is 2.22. The van der Waals surface area contributed by atoms with Crippen molar-refractivity contribution < 1.29 is 14.1 Å². The Balaban J connectivity index is 1.95. The Kier molecular flexibility index (Phi) is 5.66. The summed E-state index contributed by atoms with van der Waals surface area (Å²) in [6, 6.07) is 9.41. The van der Waals surface area contributed by atoms with Gasteiger partial charge in [0.2, 0.25) is 12.2 Å². The molecule has 1 aromatic heterocycles. The topological polar surface area (TPSA) is 61.4 Å². The summed E-state index contributed by atoms with van der Waals surface area (Å²) in [7, 11) is 7.62. The number of allylic oxidation sites excluding steroid dienone is 1. The number of carbonyl (C=O) groups excluding carboxylic acids is 1. The van der Waals surface area contributed by atoms with Gasteiger partial charge < -0.3 is 14.5 Å². The molecular formula is C19H22N5O2S+. The van der Waals surface area contributed by atoms with Gasteiger partial charge in [-0.1, -0.05) is 29.5 Å². The molecule has 3 rings (SSSR count). The number of nitrogens with zero attached hydrogens (tertiary/aromatic N) is 5. The molecule has 1 aliphatic rings. The van der Waals surface area contributed by atoms with E-state index in [4.69, 9.17) is 4.74 Å². The molecule has 0 amide bonds. The van der Waals surface area contributed by atoms with E-state index in [1.165, 1.54) is 11.3 Å². The molecule has 8 heteroatoms. The summed E-state index contributed by atoms with van der Waals surface area (Å²) in [4.78, 5) is 25.2. The van der Waals surface area contributed by atoms with Crippen molar-refractivity contribution in [2.24, 2.45) is 9.98 Å². The smallest absolute Gasteiger partial charge is 0.383 e. The third kappa shape index (κ3) is 4.40. The van der Waals surface area contributed by atoms with E-state index in [9.17, 15) is 4.79 Å². The van der Waals surface area contributed by atoms with Crippen LogP contribution in [0.3, 0.4) is 0 Å². The van der Waals surface area contributed by atoms with Crippen molar-refractivity contribution in [3.8, 4) is 0 Å². The highest BCUT2D eigenvalue weighted by molar-refractivity contribution is 7.12. The number of hydrogen-bond donors (Lipinski definition) is 0. The van der Waals surface area contributed by atoms with Crippen LogP contribution in [0, 0.1) is 0 Å². The number of rotatable bonds is 6. The Morgan fingerprint density at radius 3 is 2.67 bits per heavy atom. The quantitative estimate of drug-likeness (QED) is 0.251. The highest BCUT2D eigenvalue weighted by atomic mass is 32.1. The molecule has 2 heterocycles. The molecule has 140 valence electrons. The van der Waals surface area contributed by atoms with Crippen LogP contribution < -0.4 is 4.57 Å². The second-order valence-electron chi connectivity index (χ2n) is 6.38. The maximum absolute atomic E-state index is 12.5. The zero-order valence-electron chi connectivity index (χ0n) is 15.8. The number of carbonyl (C=O) groups is 1. The number of benzene rings is 1. The molecular weight excluding hydrogens is 362 g/mol. The maximum atomic E-state index is 12.5. The van der Waals surface area contributed by atoms with E-state index < -0.39 is 5.97 Å². The summed E-state index contributed by atoms with van der Waals surface area (Å²) in [6.45, 7) is 0.465. The lowest BCUT2D eigenvalue weighted by Gasteiger charge is -2.16. The zero-order chi connectivity index (χ0) is 19.4. The number of likely N-dealkylation sites (N-methyl/N-ethyl adjacent to an activating group) is 1. The molecule has 0 saturated heterocycles. The first kappa shape index (κ1) is 18.8. The number of aromatic nitrogens is 1. The monoisotopic (exact) mass is 384 g/mol. The van der Waals surface area contributed by atoms with Gasteiger partial charge in [-0.3, -0.25) is 0 Å². The molecule has 27 heavy (non-hydrogen) atoms. The summed E-state index contributed by atoms with van der Waals surface area (Å²) in [5, 5.41) is 2.80. The van der Waals surface area contributed by atoms with Gasteiger partial charge in [-0.25, -0.2) is 14.4 Å². The molecule has 1 aromatic carbocycles. The summed E-state index contributed by atoms with van der Waals surface area (Å²) < 4.78 is 7.39. The number of esters is 1. The van der Waals surface area contributed by atoms with Gasteiger partial charge in [0.05, 0.1) is 5.70 Å². The molecule has 0 bridgehead atoms. The number of hydrogen-bond acceptors (Lipinski definition) is 6. The molecule has 1 aliphatic heterocycles. The number of ether oxygens (including phenoxy) is 1. The lowest BCUT2D eigenvalue weighted by molar-refractivity contribution is -0.673. The van der Waals surface area contributed by atoms with Gasteiger partial charge in [-0.15, -0.1) is 0 Å². The lowest BCUT2D eigenvalue weighted by atomic mass is 10.2. The third-order valence-corrected chi connectivity index (χ3v) is 4.62. The van der Waals surface area contributed by atoms with E-state index in [1.807, 2.05) is 84.5 Å². The first-order valence-electron chi connectivity index (χ1n) is 8.40. The van der Waals surface area contributed by atoms with Crippen molar-refractivity contribution in [1.29, 1.82) is 0 Å². The van der Waals surface area contributed by atoms with Gasteiger partial charge in [-0.2, -0.15) is 0 Å². The Labute approximate surface area is 162 Å². The van der Waals surface area contributed by atoms with Crippen LogP contribution >= 0.6 is 11.3 Å². The second-order valence-corrected chi connectivity index (χ2v) is 7.26. The van der Waals surface area contributed by atoms with Gasteiger partial charge in [0.25, 0.3) is 0 Å². The minimum absolute atomic E-state index is 0.320. The van der Waals surface area contributed by atoms with Crippen LogP contribution in [0.1, 0.15) is 5.56 Å². The van der Waals surface area contributed by atoms with Crippen LogP contribution in [0.25, 0.3) is 0 Å². The van der Waals surface area contributed by atoms with Crippen LogP contribution in [-0.2, 0) is 16.1 Å². The molecule has 2 aromatic rings. The van der Waals surface area contributed by atoms with Crippen molar-refractivity contribution in [2.75, 3.05) is 28.2 Å². The van der Waals surface area contributed by atoms with Crippen molar-refractivity contribution in [3.05, 3.63) is 58.9 Å². The predicted molar refractivity (Wildman–Crippen MR) is 106 cm³/mol. The molecule has 0 saturated carbocycles. The summed E-state index contributed by atoms with van der Waals surface area (Å²) in [6.07, 6.45) is 3.69. The molecule has 7 nitrogen and oxygen atoms in total. The average molecular weight is 384 g/mol. The molecule has 0 atom stereocenters. The van der Waals surface area contributed by atoms with Crippen molar-refractivity contribution >= 4 is 34.7 Å². The molecule has 0 fully saturated rings. The first-order valence-corrected chi connectivity index (χ1v) is 9.28. The molecule has 0 unspecified atom stereocenters. The van der Waals surface area contributed by atoms with Gasteiger partial charge >= 0.3 is 11.1 Å². The Hall–Kier alpha value is -3.00. The standard InChI is InChI=1S/C19H22N5O2S/c1-22(2)13-20-19-24(10-11-27-19)12-15(23(3)4)16-18(25)26-17(21-16)14-8-6-5-7-9-14/h5-11,13H,12H2,1-4H3/q+1/b16-15-. The van der Waals surface area contributed by atoms with Gasteiger partial charge in [0.15, 0.2) is 5.70 Å². The van der Waals surface area contributed by atoms with Crippen molar-refractivity contribution in [3.63, 3.8) is 0 Å². The maximum Gasteiger partial charge on any atom is 0.383 e. The third-order valence-electron chi connectivity index (χ3n) is 3.81. The van der Waals surface area contributed by atoms with Crippen LogP contribution in [0.5, 0.6) is 0 Å². The first-order chi connectivity index (χ1) is 13.0. The summed E-state index contributed by atoms with van der Waals surface area (Å²) >= 11 is 1.53. The lowest BCUT2D eigenvalue weighted by Crippen LogP contribution is -2.36. The van der Waals surface area contributed by atoms with Crippen molar-refractivity contribution in [1.82, 2.24) is 9.80 Å². The molecule has 0 radical (unpaired) electrons. The number of cyclic esters (lactones) is 1. The van der Waals surface area contributed by atoms with Crippen LogP contribution in [-0.4, -0.2) is 56.2 Å². The highest BCUT2D eigenvalue weighted by Gasteiger charge is 2.29. The average Bonchev–Trinajstić information content (AvgIpc) is 3.24. The summed E-state index contributed by atoms with van der Waals surface area (Å²) in [5.74, 6) is -0.108. The Bertz CT molecular complexity index is 913. The largest absolute Gasteiger partial charge is 0.402 e. The van der Waals surface area contributed by atoms with Crippen LogP contribution in [0.2, 0.25) is 0 Å². The van der Waals surface area contributed by atoms with E-state index in [2.05, 4.69) is 9.98 Å². The van der Waals surface area contributed by atoms with E-state index >= 15 is 0 Å². The molecule has 0 aliphatic carbocycles. The predicted octanol–water partition coefficient (Wildman–Crippen LogP) is 2.03. The van der Waals surface area contributed by atoms with Crippen LogP contribution in [0.4, 0.5) is 5.13 Å². The van der Waals surface area contributed by atoms with E-state index in [-0.39, 0.29) is 0 Å². The second kappa shape index (κ2) is 8.13. The fourth-order valence-corrected chi connectivity index (χ4v) is 3.17. The normalized spacial score (nSPS) is 15.7. The van der Waals surface area contributed by atoms with E-state index in [0.29, 0.717) is 18.1 Å². The zero-order valence-corrected chi connectivity index (χ0v) is 16.6. The Morgan fingerprint density at radius 2 is 2.00 bits per heavy atom. The minimum atomic E-state index is -0.438. The molecule has 0 spiro atoms. The fourth-order valence-electron chi connectivity index (χ4n) is 2.47. The van der Waals surface area contributed by atoms with Gasteiger partial charge in [-0.05, 0) is 17.1 Å². The van der Waals surface area contributed by atoms with E-state index in [0.717, 1.165) is 16.4 Å². The number of thiazole rings is 1. The minimum Gasteiger partial charge on any atom is -0.402 e. The molecule has 0 N–H and O–H groups in total. The summed E-state index contributed by atoms with van der Waals surface area (Å²) in [5.41, 5.74) is 1.86. The van der Waals surface area contributed by atoms with Gasteiger partial charge in [0.1, 0.15) is 12.7 Å². The van der Waals surface area contributed by atoms with Gasteiger partial charge in [0, 0.05) is 39.1 Å². The van der Waals surface area contributed by atoms with E-state index in [1.54, 1.807) is 6.34 Å². The fraction of sp³-hybridized carbons (Fsp3) is 0.263. The Morgan fingerprint density at radius 1 is 1.26 bits per heavy atom. The van der Waals surface area contributed by atoms with Crippen molar-refractivity contribution in [2.45, 2.75) is 6.54 Å². The SMILES string of the molecule is CN(C)/C=N/c1scc[n+]1C/C(=C1/N=C(c2ccccc2)OC1=O)N(C)C. The van der Waals surface area contributed by atoms with Crippen LogP contribution in [0.15, 0.2) is 63.3 Å². The number of aliphatic imine (C=N–C) groups is 2.